The highest BCUT2D eigenvalue weighted by molar-refractivity contribution is 6.05. The Morgan fingerprint density at radius 3 is 2.33 bits per heavy atom. The Morgan fingerprint density at radius 1 is 0.967 bits per heavy atom. The molecule has 0 aliphatic heterocycles. The molecule has 0 fully saturated rings. The Morgan fingerprint density at radius 2 is 1.63 bits per heavy atom. The van der Waals surface area contributed by atoms with Crippen molar-refractivity contribution >= 4 is 28.8 Å². The number of hydrogen-bond donors (Lipinski definition) is 2. The van der Waals surface area contributed by atoms with Crippen LogP contribution in [0, 0.1) is 0 Å². The summed E-state index contributed by atoms with van der Waals surface area (Å²) in [6.45, 7) is 5.43. The fourth-order valence-electron chi connectivity index (χ4n) is 3.06. The number of esters is 1. The van der Waals surface area contributed by atoms with Gasteiger partial charge in [0.05, 0.1) is 5.56 Å². The Labute approximate surface area is 175 Å². The van der Waals surface area contributed by atoms with Gasteiger partial charge in [-0.2, -0.15) is 0 Å². The Kier molecular flexibility index (Phi) is 6.20. The number of aromatic nitrogens is 1. The van der Waals surface area contributed by atoms with Gasteiger partial charge in [0.1, 0.15) is 0 Å². The minimum Gasteiger partial charge on any atom is -0.452 e. The molecule has 7 nitrogen and oxygen atoms in total. The number of carbonyl (C=O) groups excluding carboxylic acids is 3. The molecule has 3 amide bonds. The zero-order valence-corrected chi connectivity index (χ0v) is 17.3. The van der Waals surface area contributed by atoms with Gasteiger partial charge in [0.25, 0.3) is 5.91 Å². The van der Waals surface area contributed by atoms with Crippen LogP contribution in [-0.4, -0.2) is 34.6 Å². The van der Waals surface area contributed by atoms with E-state index in [1.807, 2.05) is 59.2 Å². The molecule has 0 aliphatic rings. The lowest BCUT2D eigenvalue weighted by atomic mass is 10.1. The summed E-state index contributed by atoms with van der Waals surface area (Å²) < 4.78 is 7.12. The zero-order valence-electron chi connectivity index (χ0n) is 17.3. The van der Waals surface area contributed by atoms with Crippen LogP contribution < -0.4 is 10.6 Å². The van der Waals surface area contributed by atoms with E-state index in [-0.39, 0.29) is 0 Å². The normalized spacial score (nSPS) is 11.2. The molecule has 156 valence electrons. The molecule has 0 radical (unpaired) electrons. The number of amides is 3. The van der Waals surface area contributed by atoms with Crippen LogP contribution in [0.4, 0.5) is 4.79 Å². The number of hydrogen-bond acceptors (Lipinski definition) is 4. The molecule has 1 aromatic heterocycles. The number of nitrogens with zero attached hydrogens (tertiary/aromatic N) is 1. The van der Waals surface area contributed by atoms with E-state index in [0.717, 1.165) is 16.5 Å². The summed E-state index contributed by atoms with van der Waals surface area (Å²) in [5, 5.41) is 5.49. The fraction of sp³-hybridized carbons (Fsp3) is 0.261. The Bertz CT molecular complexity index is 1060. The molecule has 0 unspecified atom stereocenters. The number of nitrogens with one attached hydrogen (secondary N) is 2. The third-order valence-corrected chi connectivity index (χ3v) is 4.28. The molecular formula is C23H25N3O4. The van der Waals surface area contributed by atoms with E-state index in [2.05, 4.69) is 10.6 Å². The maximum Gasteiger partial charge on any atom is 0.340 e. The topological polar surface area (TPSA) is 89.4 Å². The van der Waals surface area contributed by atoms with Crippen LogP contribution in [0.25, 0.3) is 10.9 Å². The second-order valence-corrected chi connectivity index (χ2v) is 8.00. The lowest BCUT2D eigenvalue weighted by Crippen LogP contribution is -2.49. The monoisotopic (exact) mass is 407 g/mol. The van der Waals surface area contributed by atoms with Crippen molar-refractivity contribution in [3.05, 3.63) is 71.9 Å². The molecule has 0 spiro atoms. The van der Waals surface area contributed by atoms with E-state index in [0.29, 0.717) is 12.1 Å². The molecule has 30 heavy (non-hydrogen) atoms. The van der Waals surface area contributed by atoms with Crippen molar-refractivity contribution in [2.45, 2.75) is 32.9 Å². The number of ether oxygens (including phenoxy) is 1. The van der Waals surface area contributed by atoms with Crippen LogP contribution in [0.3, 0.4) is 0 Å². The van der Waals surface area contributed by atoms with Gasteiger partial charge in [0, 0.05) is 29.2 Å². The van der Waals surface area contributed by atoms with Gasteiger partial charge in [-0.05, 0) is 32.4 Å². The van der Waals surface area contributed by atoms with Crippen LogP contribution in [0.5, 0.6) is 0 Å². The van der Waals surface area contributed by atoms with E-state index in [4.69, 9.17) is 4.74 Å². The predicted octanol–water partition coefficient (Wildman–Crippen LogP) is 3.47. The second kappa shape index (κ2) is 8.82. The maximum absolute atomic E-state index is 12.6. The highest BCUT2D eigenvalue weighted by Crippen LogP contribution is 2.23. The molecule has 0 saturated carbocycles. The largest absolute Gasteiger partial charge is 0.452 e. The number of urea groups is 1. The lowest BCUT2D eigenvalue weighted by Gasteiger charge is -2.20. The molecule has 1 heterocycles. The minimum atomic E-state index is -0.696. The van der Waals surface area contributed by atoms with Crippen LogP contribution in [0.1, 0.15) is 36.7 Å². The van der Waals surface area contributed by atoms with Crippen molar-refractivity contribution in [1.29, 1.82) is 0 Å². The highest BCUT2D eigenvalue weighted by Gasteiger charge is 2.19. The molecule has 2 aromatic carbocycles. The summed E-state index contributed by atoms with van der Waals surface area (Å²) in [5.74, 6) is -1.32. The lowest BCUT2D eigenvalue weighted by molar-refractivity contribution is -0.123. The standard InChI is InChI=1S/C23H25N3O4/c1-23(2,3)25-22(29)24-20(27)15-30-21(28)18-14-26(13-16-9-5-4-6-10-16)19-12-8-7-11-17(18)19/h4-12,14H,13,15H2,1-3H3,(H2,24,25,27,29). The highest BCUT2D eigenvalue weighted by atomic mass is 16.5. The van der Waals surface area contributed by atoms with Gasteiger partial charge in [-0.1, -0.05) is 48.5 Å². The average Bonchev–Trinajstić information content (AvgIpc) is 3.04. The van der Waals surface area contributed by atoms with Crippen LogP contribution in [-0.2, 0) is 16.1 Å². The van der Waals surface area contributed by atoms with Crippen molar-refractivity contribution < 1.29 is 19.1 Å². The number of carbonyl (C=O) groups is 3. The first-order chi connectivity index (χ1) is 14.2. The number of imide groups is 1. The van der Waals surface area contributed by atoms with E-state index in [1.165, 1.54) is 0 Å². The Hall–Kier alpha value is -3.61. The fourth-order valence-corrected chi connectivity index (χ4v) is 3.06. The number of benzene rings is 2. The van der Waals surface area contributed by atoms with Crippen LogP contribution in [0.2, 0.25) is 0 Å². The summed E-state index contributed by atoms with van der Waals surface area (Å²) >= 11 is 0. The quantitative estimate of drug-likeness (QED) is 0.634. The van der Waals surface area contributed by atoms with E-state index < -0.39 is 30.1 Å². The summed E-state index contributed by atoms with van der Waals surface area (Å²) in [7, 11) is 0. The molecule has 3 rings (SSSR count). The third kappa shape index (κ3) is 5.47. The number of rotatable bonds is 5. The molecule has 7 heteroatoms. The van der Waals surface area contributed by atoms with Gasteiger partial charge >= 0.3 is 12.0 Å². The van der Waals surface area contributed by atoms with E-state index >= 15 is 0 Å². The van der Waals surface area contributed by atoms with E-state index in [9.17, 15) is 14.4 Å². The predicted molar refractivity (Wildman–Crippen MR) is 114 cm³/mol. The van der Waals surface area contributed by atoms with Gasteiger partial charge in [-0.25, -0.2) is 9.59 Å². The summed E-state index contributed by atoms with van der Waals surface area (Å²) in [4.78, 5) is 36.3. The van der Waals surface area contributed by atoms with Gasteiger partial charge in [0.15, 0.2) is 6.61 Å². The summed E-state index contributed by atoms with van der Waals surface area (Å²) in [6, 6.07) is 16.8. The zero-order chi connectivity index (χ0) is 21.7. The molecule has 0 aliphatic carbocycles. The number of para-hydroxylation sites is 1. The first-order valence-corrected chi connectivity index (χ1v) is 9.64. The summed E-state index contributed by atoms with van der Waals surface area (Å²) in [6.07, 6.45) is 1.73. The maximum atomic E-state index is 12.6. The molecule has 0 saturated heterocycles. The molecule has 0 atom stereocenters. The van der Waals surface area contributed by atoms with Gasteiger partial charge < -0.3 is 14.6 Å². The van der Waals surface area contributed by atoms with Crippen molar-refractivity contribution in [2.75, 3.05) is 6.61 Å². The third-order valence-electron chi connectivity index (χ3n) is 4.28. The van der Waals surface area contributed by atoms with Crippen LogP contribution in [0.15, 0.2) is 60.8 Å². The molecule has 0 bridgehead atoms. The Balaban J connectivity index is 1.69. The second-order valence-electron chi connectivity index (χ2n) is 8.00. The average molecular weight is 407 g/mol. The van der Waals surface area contributed by atoms with E-state index in [1.54, 1.807) is 27.0 Å². The SMILES string of the molecule is CC(C)(C)NC(=O)NC(=O)COC(=O)c1cn(Cc2ccccc2)c2ccccc12. The van der Waals surface area contributed by atoms with Gasteiger partial charge in [-0.3, -0.25) is 10.1 Å². The van der Waals surface area contributed by atoms with Crippen molar-refractivity contribution in [3.8, 4) is 0 Å². The van der Waals surface area contributed by atoms with Crippen molar-refractivity contribution in [1.82, 2.24) is 15.2 Å². The van der Waals surface area contributed by atoms with Crippen molar-refractivity contribution in [3.63, 3.8) is 0 Å². The van der Waals surface area contributed by atoms with Crippen LogP contribution >= 0.6 is 0 Å². The van der Waals surface area contributed by atoms with Gasteiger partial charge in [-0.15, -0.1) is 0 Å². The first kappa shape index (κ1) is 21.1. The molecule has 3 aromatic rings. The molecular weight excluding hydrogens is 382 g/mol. The molecule has 2 N–H and O–H groups in total. The first-order valence-electron chi connectivity index (χ1n) is 9.64. The minimum absolute atomic E-state index is 0.369. The smallest absolute Gasteiger partial charge is 0.340 e. The van der Waals surface area contributed by atoms with Gasteiger partial charge in [0.2, 0.25) is 0 Å². The summed E-state index contributed by atoms with van der Waals surface area (Å²) in [5.41, 5.74) is 1.87. The van der Waals surface area contributed by atoms with Crippen molar-refractivity contribution in [2.24, 2.45) is 0 Å². The number of fused-ring (bicyclic) bond motifs is 1.